The van der Waals surface area contributed by atoms with Crippen molar-refractivity contribution < 1.29 is 14.3 Å². The Morgan fingerprint density at radius 3 is 2.26 bits per heavy atom. The van der Waals surface area contributed by atoms with Gasteiger partial charge in [0.2, 0.25) is 0 Å². The number of hydrogen-bond acceptors (Lipinski definition) is 4. The highest BCUT2D eigenvalue weighted by Crippen LogP contribution is 2.29. The third-order valence-electron chi connectivity index (χ3n) is 4.53. The fraction of sp³-hybridized carbons (Fsp3) is 0.588. The van der Waals surface area contributed by atoms with E-state index in [9.17, 15) is 4.79 Å². The van der Waals surface area contributed by atoms with Crippen molar-refractivity contribution in [3.05, 3.63) is 23.3 Å². The third-order valence-corrected chi connectivity index (χ3v) is 4.53. The lowest BCUT2D eigenvalue weighted by atomic mass is 9.89. The van der Waals surface area contributed by atoms with Crippen molar-refractivity contribution in [1.82, 2.24) is 10.6 Å². The van der Waals surface area contributed by atoms with Crippen molar-refractivity contribution in [1.29, 1.82) is 0 Å². The van der Waals surface area contributed by atoms with E-state index >= 15 is 0 Å². The summed E-state index contributed by atoms with van der Waals surface area (Å²) in [6.45, 7) is 7.20. The normalized spacial score (nSPS) is 23.6. The molecule has 1 aromatic carbocycles. The molecule has 23 heavy (non-hydrogen) atoms. The number of benzene rings is 1. The fourth-order valence-corrected chi connectivity index (χ4v) is 3.06. The number of carbonyl (C=O) groups excluding carboxylic acids is 1. The Balaban J connectivity index is 0.00000264. The van der Waals surface area contributed by atoms with Crippen LogP contribution in [0, 0.1) is 12.8 Å². The number of amides is 1. The van der Waals surface area contributed by atoms with Gasteiger partial charge in [-0.2, -0.15) is 0 Å². The van der Waals surface area contributed by atoms with E-state index in [0.717, 1.165) is 18.5 Å². The number of nitrogens with one attached hydrogen (secondary N) is 2. The van der Waals surface area contributed by atoms with Crippen LogP contribution >= 0.6 is 12.4 Å². The molecule has 1 aliphatic heterocycles. The Morgan fingerprint density at radius 1 is 1.22 bits per heavy atom. The monoisotopic (exact) mass is 342 g/mol. The highest BCUT2D eigenvalue weighted by atomic mass is 35.5. The molecule has 0 radical (unpaired) electrons. The van der Waals surface area contributed by atoms with Gasteiger partial charge < -0.3 is 20.1 Å². The van der Waals surface area contributed by atoms with Gasteiger partial charge in [0.15, 0.2) is 0 Å². The first-order valence-electron chi connectivity index (χ1n) is 7.74. The zero-order valence-electron chi connectivity index (χ0n) is 14.4. The van der Waals surface area contributed by atoms with Crippen LogP contribution in [-0.4, -0.2) is 38.8 Å². The average molecular weight is 343 g/mol. The van der Waals surface area contributed by atoms with E-state index in [2.05, 4.69) is 24.5 Å². The number of hydrogen-bond donors (Lipinski definition) is 2. The minimum Gasteiger partial charge on any atom is -0.496 e. The molecular weight excluding hydrogens is 316 g/mol. The molecule has 1 saturated heterocycles. The van der Waals surface area contributed by atoms with E-state index in [0.29, 0.717) is 23.0 Å². The highest BCUT2D eigenvalue weighted by Gasteiger charge is 2.29. The molecule has 1 aliphatic rings. The number of halogens is 1. The summed E-state index contributed by atoms with van der Waals surface area (Å²) >= 11 is 0. The summed E-state index contributed by atoms with van der Waals surface area (Å²) in [5.41, 5.74) is 1.45. The van der Waals surface area contributed by atoms with Crippen LogP contribution < -0.4 is 20.1 Å². The fourth-order valence-electron chi connectivity index (χ4n) is 3.06. The molecule has 1 fully saturated rings. The molecule has 0 aromatic heterocycles. The summed E-state index contributed by atoms with van der Waals surface area (Å²) in [7, 11) is 3.19. The Labute approximate surface area is 144 Å². The molecule has 0 spiro atoms. The number of piperidine rings is 1. The largest absolute Gasteiger partial charge is 0.496 e. The summed E-state index contributed by atoms with van der Waals surface area (Å²) in [5, 5.41) is 6.55. The van der Waals surface area contributed by atoms with Gasteiger partial charge in [-0.05, 0) is 44.9 Å². The molecule has 1 heterocycles. The zero-order valence-corrected chi connectivity index (χ0v) is 15.3. The van der Waals surface area contributed by atoms with E-state index in [1.807, 2.05) is 6.92 Å². The molecule has 6 heteroatoms. The maximum absolute atomic E-state index is 12.6. The first kappa shape index (κ1) is 19.6. The van der Waals surface area contributed by atoms with Gasteiger partial charge in [0.25, 0.3) is 5.91 Å². The van der Waals surface area contributed by atoms with Crippen molar-refractivity contribution in [3.63, 3.8) is 0 Å². The molecule has 130 valence electrons. The van der Waals surface area contributed by atoms with E-state index < -0.39 is 0 Å². The molecule has 2 N–H and O–H groups in total. The average Bonchev–Trinajstić information content (AvgIpc) is 2.51. The molecular formula is C17H27ClN2O3. The van der Waals surface area contributed by atoms with Gasteiger partial charge in [-0.3, -0.25) is 4.79 Å². The first-order valence-corrected chi connectivity index (χ1v) is 7.74. The highest BCUT2D eigenvalue weighted by molar-refractivity contribution is 5.95. The molecule has 0 saturated carbocycles. The first-order chi connectivity index (χ1) is 10.5. The van der Waals surface area contributed by atoms with Gasteiger partial charge in [0.1, 0.15) is 11.5 Å². The number of ether oxygens (including phenoxy) is 2. The van der Waals surface area contributed by atoms with Crippen LogP contribution in [0.2, 0.25) is 0 Å². The molecule has 1 amide bonds. The molecule has 3 atom stereocenters. The molecule has 3 unspecified atom stereocenters. The Morgan fingerprint density at radius 2 is 1.78 bits per heavy atom. The van der Waals surface area contributed by atoms with Crippen LogP contribution in [0.1, 0.15) is 36.2 Å². The van der Waals surface area contributed by atoms with Gasteiger partial charge in [-0.1, -0.05) is 6.92 Å². The third kappa shape index (κ3) is 4.30. The summed E-state index contributed by atoms with van der Waals surface area (Å²) in [6, 6.07) is 3.92. The van der Waals surface area contributed by atoms with Crippen LogP contribution in [-0.2, 0) is 0 Å². The van der Waals surface area contributed by atoms with E-state index in [1.165, 1.54) is 0 Å². The maximum atomic E-state index is 12.6. The van der Waals surface area contributed by atoms with Gasteiger partial charge in [-0.25, -0.2) is 0 Å². The maximum Gasteiger partial charge on any atom is 0.251 e. The lowest BCUT2D eigenvalue weighted by molar-refractivity contribution is 0.0897. The topological polar surface area (TPSA) is 59.6 Å². The molecule has 0 bridgehead atoms. The summed E-state index contributed by atoms with van der Waals surface area (Å²) in [4.78, 5) is 12.6. The van der Waals surface area contributed by atoms with Crippen LogP contribution in [0.5, 0.6) is 11.5 Å². The Bertz CT molecular complexity index is 516. The van der Waals surface area contributed by atoms with E-state index in [-0.39, 0.29) is 30.4 Å². The summed E-state index contributed by atoms with van der Waals surface area (Å²) in [6.07, 6.45) is 1.07. The second-order valence-corrected chi connectivity index (χ2v) is 6.01. The van der Waals surface area contributed by atoms with Gasteiger partial charge in [-0.15, -0.1) is 12.4 Å². The lowest BCUT2D eigenvalue weighted by Crippen LogP contribution is -2.55. The summed E-state index contributed by atoms with van der Waals surface area (Å²) < 4.78 is 10.7. The number of rotatable bonds is 4. The minimum absolute atomic E-state index is 0. The Hall–Kier alpha value is -1.46. The zero-order chi connectivity index (χ0) is 16.3. The number of methoxy groups -OCH3 is 2. The van der Waals surface area contributed by atoms with E-state index in [1.54, 1.807) is 26.4 Å². The van der Waals surface area contributed by atoms with Gasteiger partial charge >= 0.3 is 0 Å². The van der Waals surface area contributed by atoms with Crippen LogP contribution in [0.4, 0.5) is 0 Å². The predicted molar refractivity (Wildman–Crippen MR) is 94.0 cm³/mol. The Kier molecular flexibility index (Phi) is 7.16. The quantitative estimate of drug-likeness (QED) is 0.882. The predicted octanol–water partition coefficient (Wildman–Crippen LogP) is 2.55. The van der Waals surface area contributed by atoms with Crippen LogP contribution in [0.25, 0.3) is 0 Å². The molecule has 1 aromatic rings. The van der Waals surface area contributed by atoms with Crippen molar-refractivity contribution in [2.45, 2.75) is 39.3 Å². The van der Waals surface area contributed by atoms with Gasteiger partial charge in [0, 0.05) is 23.2 Å². The van der Waals surface area contributed by atoms with Crippen molar-refractivity contribution >= 4 is 18.3 Å². The smallest absolute Gasteiger partial charge is 0.251 e. The lowest BCUT2D eigenvalue weighted by Gasteiger charge is -2.36. The SMILES string of the molecule is COc1cc(C(=O)NC2C(C)CCNC2C)cc(OC)c1C.Cl. The van der Waals surface area contributed by atoms with E-state index in [4.69, 9.17) is 9.47 Å². The standard InChI is InChI=1S/C17H26N2O3.ClH/c1-10-6-7-18-12(3)16(10)19-17(20)13-8-14(21-4)11(2)15(9-13)22-5;/h8-10,12,16,18H,6-7H2,1-5H3,(H,19,20);1H. The van der Waals surface area contributed by atoms with Gasteiger partial charge in [0.05, 0.1) is 14.2 Å². The minimum atomic E-state index is -0.0935. The van der Waals surface area contributed by atoms with Crippen molar-refractivity contribution in [3.8, 4) is 11.5 Å². The van der Waals surface area contributed by atoms with Crippen molar-refractivity contribution in [2.75, 3.05) is 20.8 Å². The van der Waals surface area contributed by atoms with Crippen molar-refractivity contribution in [2.24, 2.45) is 5.92 Å². The molecule has 5 nitrogen and oxygen atoms in total. The summed E-state index contributed by atoms with van der Waals surface area (Å²) in [5.74, 6) is 1.68. The van der Waals surface area contributed by atoms with Crippen LogP contribution in [0.15, 0.2) is 12.1 Å². The second-order valence-electron chi connectivity index (χ2n) is 6.01. The van der Waals surface area contributed by atoms with Crippen LogP contribution in [0.3, 0.4) is 0 Å². The molecule has 0 aliphatic carbocycles. The second kappa shape index (κ2) is 8.41. The number of carbonyl (C=O) groups is 1. The molecule has 2 rings (SSSR count).